The number of nitrogens with one attached hydrogen (secondary N) is 1. The summed E-state index contributed by atoms with van der Waals surface area (Å²) in [6.07, 6.45) is 2.77. The van der Waals surface area contributed by atoms with Crippen LogP contribution in [0.15, 0.2) is 47.1 Å². The van der Waals surface area contributed by atoms with Crippen LogP contribution in [0.2, 0.25) is 0 Å². The molecule has 0 aliphatic rings. The fraction of sp³-hybridized carbons (Fsp3) is 0.250. The Balaban J connectivity index is 1.48. The topological polar surface area (TPSA) is 107 Å². The van der Waals surface area contributed by atoms with E-state index in [1.807, 2.05) is 49.5 Å². The molecule has 0 bridgehead atoms. The van der Waals surface area contributed by atoms with Crippen molar-refractivity contribution in [1.29, 1.82) is 0 Å². The third kappa shape index (κ3) is 3.93. The Labute approximate surface area is 166 Å². The van der Waals surface area contributed by atoms with Crippen molar-refractivity contribution in [3.63, 3.8) is 0 Å². The Morgan fingerprint density at radius 1 is 1.24 bits per heavy atom. The van der Waals surface area contributed by atoms with Crippen molar-refractivity contribution in [1.82, 2.24) is 30.1 Å². The number of pyridine rings is 1. The zero-order chi connectivity index (χ0) is 20.2. The summed E-state index contributed by atoms with van der Waals surface area (Å²) in [5.41, 5.74) is 2.16. The molecule has 0 spiro atoms. The number of carbonyl (C=O) groups excluding carboxylic acids is 1. The van der Waals surface area contributed by atoms with Crippen LogP contribution in [0.5, 0.6) is 5.75 Å². The molecule has 0 saturated heterocycles. The number of rotatable bonds is 7. The van der Waals surface area contributed by atoms with E-state index in [9.17, 15) is 4.79 Å². The highest BCUT2D eigenvalue weighted by Gasteiger charge is 2.16. The number of nitrogens with zero attached hydrogens (tertiary/aromatic N) is 5. The molecule has 9 heteroatoms. The van der Waals surface area contributed by atoms with Crippen molar-refractivity contribution in [2.24, 2.45) is 0 Å². The van der Waals surface area contributed by atoms with E-state index in [1.54, 1.807) is 11.5 Å². The average molecular weight is 392 g/mol. The lowest BCUT2D eigenvalue weighted by Gasteiger charge is -2.06. The zero-order valence-corrected chi connectivity index (χ0v) is 16.1. The van der Waals surface area contributed by atoms with E-state index < -0.39 is 0 Å². The summed E-state index contributed by atoms with van der Waals surface area (Å²) < 4.78 is 12.3. The molecule has 0 atom stereocenters. The predicted octanol–water partition coefficient (Wildman–Crippen LogP) is 2.21. The first-order valence-corrected chi connectivity index (χ1v) is 9.23. The lowest BCUT2D eigenvalue weighted by molar-refractivity contribution is -0.120. The Bertz CT molecular complexity index is 1150. The van der Waals surface area contributed by atoms with Crippen LogP contribution in [0.25, 0.3) is 17.1 Å². The summed E-state index contributed by atoms with van der Waals surface area (Å²) in [7, 11) is 1.60. The first-order valence-electron chi connectivity index (χ1n) is 9.23. The highest BCUT2D eigenvalue weighted by atomic mass is 16.5. The van der Waals surface area contributed by atoms with Crippen molar-refractivity contribution in [2.75, 3.05) is 7.11 Å². The van der Waals surface area contributed by atoms with Crippen LogP contribution in [-0.4, -0.2) is 37.8 Å². The van der Waals surface area contributed by atoms with E-state index in [0.717, 1.165) is 11.3 Å². The quantitative estimate of drug-likeness (QED) is 0.514. The fourth-order valence-corrected chi connectivity index (χ4v) is 2.97. The zero-order valence-electron chi connectivity index (χ0n) is 16.1. The Morgan fingerprint density at radius 3 is 2.93 bits per heavy atom. The van der Waals surface area contributed by atoms with Crippen LogP contribution in [0.3, 0.4) is 0 Å². The molecule has 9 nitrogen and oxygen atoms in total. The second-order valence-electron chi connectivity index (χ2n) is 6.41. The molecule has 1 N–H and O–H groups in total. The summed E-state index contributed by atoms with van der Waals surface area (Å²) in [6.45, 7) is 2.20. The number of carbonyl (C=O) groups is 1. The highest BCUT2D eigenvalue weighted by molar-refractivity contribution is 5.78. The van der Waals surface area contributed by atoms with Gasteiger partial charge in [-0.3, -0.25) is 9.20 Å². The number of hydrogen-bond acceptors (Lipinski definition) is 7. The summed E-state index contributed by atoms with van der Waals surface area (Å²) in [6, 6.07) is 11.1. The molecule has 0 unspecified atom stereocenters. The predicted molar refractivity (Wildman–Crippen MR) is 104 cm³/mol. The molecule has 4 aromatic rings. The standard InChI is InChI=1S/C20H20N6O3/c1-3-16-22-20(29-25-16)15-8-5-9-26-17(23-24-19(15)26)12-21-18(27)11-13-6-4-7-14(10-13)28-2/h4-10H,3,11-12H2,1-2H3,(H,21,27). The monoisotopic (exact) mass is 392 g/mol. The second kappa shape index (κ2) is 8.09. The van der Waals surface area contributed by atoms with Crippen LogP contribution in [0.4, 0.5) is 0 Å². The summed E-state index contributed by atoms with van der Waals surface area (Å²) >= 11 is 0. The smallest absolute Gasteiger partial charge is 0.261 e. The second-order valence-corrected chi connectivity index (χ2v) is 6.41. The minimum Gasteiger partial charge on any atom is -0.497 e. The molecule has 29 heavy (non-hydrogen) atoms. The number of methoxy groups -OCH3 is 1. The summed E-state index contributed by atoms with van der Waals surface area (Å²) in [5.74, 6) is 2.24. The largest absolute Gasteiger partial charge is 0.497 e. The number of aromatic nitrogens is 5. The molecule has 0 saturated carbocycles. The van der Waals surface area contributed by atoms with Crippen molar-refractivity contribution in [3.05, 3.63) is 59.8 Å². The molecule has 148 valence electrons. The van der Waals surface area contributed by atoms with Crippen molar-refractivity contribution < 1.29 is 14.1 Å². The summed E-state index contributed by atoms with van der Waals surface area (Å²) in [5, 5.41) is 15.2. The van der Waals surface area contributed by atoms with Crippen LogP contribution in [0, 0.1) is 0 Å². The van der Waals surface area contributed by atoms with Gasteiger partial charge in [-0.1, -0.05) is 24.2 Å². The molecule has 0 radical (unpaired) electrons. The normalized spacial score (nSPS) is 11.0. The maximum Gasteiger partial charge on any atom is 0.261 e. The Hall–Kier alpha value is -3.75. The van der Waals surface area contributed by atoms with Crippen molar-refractivity contribution >= 4 is 11.6 Å². The lowest BCUT2D eigenvalue weighted by Crippen LogP contribution is -2.25. The number of amides is 1. The van der Waals surface area contributed by atoms with Crippen LogP contribution in [-0.2, 0) is 24.2 Å². The molecule has 1 amide bonds. The van der Waals surface area contributed by atoms with E-state index in [-0.39, 0.29) is 18.9 Å². The van der Waals surface area contributed by atoms with Gasteiger partial charge in [0.2, 0.25) is 5.91 Å². The highest BCUT2D eigenvalue weighted by Crippen LogP contribution is 2.22. The lowest BCUT2D eigenvalue weighted by atomic mass is 10.1. The first kappa shape index (κ1) is 18.6. The first-order chi connectivity index (χ1) is 14.2. The molecular formula is C20H20N6O3. The minimum absolute atomic E-state index is 0.115. The SMILES string of the molecule is CCc1noc(-c2cccn3c(CNC(=O)Cc4cccc(OC)c4)nnc23)n1. The van der Waals surface area contributed by atoms with Gasteiger partial charge in [-0.25, -0.2) is 0 Å². The minimum atomic E-state index is -0.115. The molecule has 0 aliphatic heterocycles. The van der Waals surface area contributed by atoms with E-state index in [4.69, 9.17) is 9.26 Å². The van der Waals surface area contributed by atoms with E-state index >= 15 is 0 Å². The molecule has 0 fully saturated rings. The molecule has 3 aromatic heterocycles. The van der Waals surface area contributed by atoms with Gasteiger partial charge in [-0.15, -0.1) is 10.2 Å². The maximum absolute atomic E-state index is 12.3. The molecule has 1 aromatic carbocycles. The molecule has 0 aliphatic carbocycles. The van der Waals surface area contributed by atoms with Crippen LogP contribution < -0.4 is 10.1 Å². The third-order valence-corrected chi connectivity index (χ3v) is 4.46. The van der Waals surface area contributed by atoms with Crippen LogP contribution in [0.1, 0.15) is 24.1 Å². The van der Waals surface area contributed by atoms with E-state index in [1.165, 1.54) is 0 Å². The molecule has 3 heterocycles. The van der Waals surface area contributed by atoms with Gasteiger partial charge in [0.05, 0.1) is 25.6 Å². The maximum atomic E-state index is 12.3. The van der Waals surface area contributed by atoms with Crippen LogP contribution >= 0.6 is 0 Å². The van der Waals surface area contributed by atoms with Crippen molar-refractivity contribution in [3.8, 4) is 17.2 Å². The summed E-state index contributed by atoms with van der Waals surface area (Å²) in [4.78, 5) is 16.7. The van der Waals surface area contributed by atoms with Gasteiger partial charge in [0, 0.05) is 12.6 Å². The third-order valence-electron chi connectivity index (χ3n) is 4.46. The van der Waals surface area contributed by atoms with Gasteiger partial charge in [-0.2, -0.15) is 4.98 Å². The number of fused-ring (bicyclic) bond motifs is 1. The van der Waals surface area contributed by atoms with Gasteiger partial charge in [-0.05, 0) is 29.8 Å². The van der Waals surface area contributed by atoms with E-state index in [0.29, 0.717) is 35.2 Å². The van der Waals surface area contributed by atoms with Gasteiger partial charge < -0.3 is 14.6 Å². The molecule has 4 rings (SSSR count). The molecular weight excluding hydrogens is 372 g/mol. The number of aryl methyl sites for hydroxylation is 1. The van der Waals surface area contributed by atoms with Gasteiger partial charge >= 0.3 is 0 Å². The van der Waals surface area contributed by atoms with Gasteiger partial charge in [0.1, 0.15) is 5.75 Å². The van der Waals surface area contributed by atoms with E-state index in [2.05, 4.69) is 25.7 Å². The Morgan fingerprint density at radius 2 is 2.14 bits per heavy atom. The van der Waals surface area contributed by atoms with Gasteiger partial charge in [0.15, 0.2) is 17.3 Å². The Kier molecular flexibility index (Phi) is 5.19. The number of hydrogen-bond donors (Lipinski definition) is 1. The average Bonchev–Trinajstić information content (AvgIpc) is 3.39. The number of benzene rings is 1. The van der Waals surface area contributed by atoms with Crippen molar-refractivity contribution in [2.45, 2.75) is 26.3 Å². The van der Waals surface area contributed by atoms with Gasteiger partial charge in [0.25, 0.3) is 5.89 Å². The number of ether oxygens (including phenoxy) is 1. The fourth-order valence-electron chi connectivity index (χ4n) is 2.97.